The van der Waals surface area contributed by atoms with Crippen LogP contribution in [0, 0.1) is 0 Å². The normalized spacial score (nSPS) is 38.8. The second-order valence-electron chi connectivity index (χ2n) is 20.5. The Bertz CT molecular complexity index is 4020. The number of nitrogens with zero attached hydrogens (tertiary/aromatic N) is 12. The molecule has 8 aliphatic heterocycles. The predicted molar refractivity (Wildman–Crippen MR) is 308 cm³/mol. The zero-order valence-corrected chi connectivity index (χ0v) is 51.6. The summed E-state index contributed by atoms with van der Waals surface area (Å²) in [5.74, 6) is -1.11. The number of nitrogens with one attached hydrogen (secondary N) is 2. The van der Waals surface area contributed by atoms with Crippen LogP contribution in [0.2, 0.25) is 0 Å². The molecule has 6 saturated heterocycles. The SMILES string of the molecule is Nc1nc2c(ncn2[C@@H]2O[C@@H]3COP(O)(=S)O[C@H]4[C@H](F)[C@H](n5cnc6c5N=CCC6=O)O[C@@H]4COP(=O)(S)O[C@@H]2[C@@H]3F)c(=O)[nH]1.Nc1nc2c(ncn2[C@@H]2O[C@@H]3COP(O)(=S)O[C@H]4[C@H](F)[C@H](n5cnc6c5N=CCC6=O)O[C@@H]4COP(O)(=S)O[C@@H]2[C@@H]3F)c(=O)[nH]1. The highest BCUT2D eigenvalue weighted by Crippen LogP contribution is 2.60. The summed E-state index contributed by atoms with van der Waals surface area (Å²) in [6.07, 6.45) is -19.5. The number of ether oxygens (including phenoxy) is 4. The van der Waals surface area contributed by atoms with Crippen molar-refractivity contribution in [2.75, 3.05) is 37.9 Å². The lowest BCUT2D eigenvalue weighted by atomic mass is 10.1. The first-order valence-corrected chi connectivity index (χ1v) is 36.6. The van der Waals surface area contributed by atoms with Crippen LogP contribution in [0.1, 0.15) is 58.7 Å². The lowest BCUT2D eigenvalue weighted by molar-refractivity contribution is -0.0601. The van der Waals surface area contributed by atoms with Gasteiger partial charge in [-0.05, 0) is 35.4 Å². The average Bonchev–Trinajstić information content (AvgIpc) is 1.81. The highest BCUT2D eigenvalue weighted by molar-refractivity contribution is 8.44. The molecule has 0 radical (unpaired) electrons. The number of hydrogen-bond donors (Lipinski definition) is 8. The van der Waals surface area contributed by atoms with E-state index in [1.54, 1.807) is 0 Å². The van der Waals surface area contributed by atoms with Crippen LogP contribution in [-0.2, 0) is 95.1 Å². The second-order valence-corrected chi connectivity index (χ2v) is 31.7. The van der Waals surface area contributed by atoms with Crippen molar-refractivity contribution in [2.45, 2.75) is 111 Å². The van der Waals surface area contributed by atoms with Gasteiger partial charge in [-0.25, -0.2) is 52.0 Å². The van der Waals surface area contributed by atoms with Crippen molar-refractivity contribution in [1.29, 1.82) is 0 Å². The van der Waals surface area contributed by atoms with E-state index >= 15 is 17.6 Å². The lowest BCUT2D eigenvalue weighted by Crippen LogP contribution is -2.34. The fraction of sp³-hybridized carbons (Fsp3) is 0.524. The number of rotatable bonds is 4. The fourth-order valence-corrected chi connectivity index (χ4v) is 16.4. The van der Waals surface area contributed by atoms with Gasteiger partial charge in [0.2, 0.25) is 11.9 Å². The van der Waals surface area contributed by atoms with Crippen LogP contribution < -0.4 is 22.6 Å². The largest absolute Gasteiger partial charge is 0.386 e. The van der Waals surface area contributed by atoms with Gasteiger partial charge in [0.1, 0.15) is 48.8 Å². The number of imidazole rings is 4. The molecule has 9 N–H and O–H groups in total. The van der Waals surface area contributed by atoms with Crippen LogP contribution in [0.3, 0.4) is 0 Å². The van der Waals surface area contributed by atoms with Gasteiger partial charge in [-0.1, -0.05) is 12.2 Å². The van der Waals surface area contributed by atoms with Gasteiger partial charge >= 0.3 is 27.0 Å². The Hall–Kier alpha value is -4.95. The Morgan fingerprint density at radius 1 is 0.522 bits per heavy atom. The molecule has 0 aromatic carbocycles. The Labute approximate surface area is 518 Å². The lowest BCUT2D eigenvalue weighted by Gasteiger charge is -2.27. The summed E-state index contributed by atoms with van der Waals surface area (Å²) in [5, 5.41) is 0. The average molecular weight is 1420 g/mol. The van der Waals surface area contributed by atoms with Gasteiger partial charge in [-0.2, -0.15) is 9.97 Å². The molecule has 20 atom stereocenters. The predicted octanol–water partition coefficient (Wildman–Crippen LogP) is 2.04. The summed E-state index contributed by atoms with van der Waals surface area (Å²) in [6.45, 7) is -20.4. The van der Waals surface area contributed by atoms with Crippen molar-refractivity contribution in [2.24, 2.45) is 9.98 Å². The van der Waals surface area contributed by atoms with Crippen molar-refractivity contribution in [3.63, 3.8) is 0 Å². The number of nitrogen functional groups attached to an aromatic ring is 2. The highest BCUT2D eigenvalue weighted by atomic mass is 32.7. The number of alkyl halides is 4. The zero-order chi connectivity index (χ0) is 63.7. The molecule has 0 spiro atoms. The number of thiol groups is 1. The maximum atomic E-state index is 16.0. The Balaban J connectivity index is 0.000000165. The number of fused-ring (bicyclic) bond motifs is 10. The molecule has 48 heteroatoms. The number of aromatic amines is 2. The first-order chi connectivity index (χ1) is 42.6. The van der Waals surface area contributed by atoms with E-state index in [0.717, 1.165) is 28.1 Å². The van der Waals surface area contributed by atoms with Crippen molar-refractivity contribution in [3.05, 3.63) is 57.4 Å². The van der Waals surface area contributed by atoms with E-state index < -0.39 is 163 Å². The third-order valence-corrected chi connectivity index (χ3v) is 21.0. The van der Waals surface area contributed by atoms with Crippen LogP contribution in [0.25, 0.3) is 22.3 Å². The van der Waals surface area contributed by atoms with Gasteiger partial charge in [-0.3, -0.25) is 70.0 Å². The minimum absolute atomic E-state index is 0.00967. The Morgan fingerprint density at radius 2 is 0.889 bits per heavy atom. The molecule has 0 saturated carbocycles. The van der Waals surface area contributed by atoms with Gasteiger partial charge in [0.15, 0.2) is 107 Å². The monoisotopic (exact) mass is 1420 g/mol. The maximum absolute atomic E-state index is 16.0. The molecule has 484 valence electrons. The number of anilines is 2. The topological polar surface area (TPSA) is 462 Å². The van der Waals surface area contributed by atoms with Gasteiger partial charge in [0.05, 0.1) is 51.7 Å². The minimum Gasteiger partial charge on any atom is -0.369 e. The number of Topliss-reactive ketones (excluding diaryl/α,β-unsaturated/α-hetero) is 2. The summed E-state index contributed by atoms with van der Waals surface area (Å²) in [6, 6.07) is 0. The van der Waals surface area contributed by atoms with Gasteiger partial charge < -0.3 is 58.7 Å². The minimum atomic E-state index is -4.50. The Morgan fingerprint density at radius 3 is 1.32 bits per heavy atom. The van der Waals surface area contributed by atoms with Gasteiger partial charge in [-0.15, -0.1) is 0 Å². The Kier molecular flexibility index (Phi) is 17.1. The number of aromatic nitrogens is 12. The molecule has 14 rings (SSSR count). The number of aliphatic imine (C=N–C) groups is 2. The maximum Gasteiger partial charge on any atom is 0.386 e. The molecule has 0 aliphatic carbocycles. The quantitative estimate of drug-likeness (QED) is 0.0711. The van der Waals surface area contributed by atoms with E-state index in [0.29, 0.717) is 0 Å². The van der Waals surface area contributed by atoms with Crippen molar-refractivity contribution in [1.82, 2.24) is 58.1 Å². The summed E-state index contributed by atoms with van der Waals surface area (Å²) in [7, 11) is 0. The summed E-state index contributed by atoms with van der Waals surface area (Å²) < 4.78 is 149. The molecule has 6 aromatic heterocycles. The number of carbonyl (C=O) groups is 2. The van der Waals surface area contributed by atoms with Crippen LogP contribution >= 0.6 is 39.2 Å². The van der Waals surface area contributed by atoms with E-state index in [2.05, 4.69) is 62.1 Å². The number of ketones is 2. The van der Waals surface area contributed by atoms with E-state index in [9.17, 15) is 38.4 Å². The molecule has 6 aromatic rings. The molecule has 8 aliphatic rings. The van der Waals surface area contributed by atoms with Crippen LogP contribution in [0.15, 0.2) is 44.9 Å². The van der Waals surface area contributed by atoms with Crippen molar-refractivity contribution >= 4 is 144 Å². The van der Waals surface area contributed by atoms with E-state index in [-0.39, 0.29) is 81.7 Å². The third-order valence-electron chi connectivity index (χ3n) is 14.7. The third kappa shape index (κ3) is 12.1. The van der Waals surface area contributed by atoms with Gasteiger partial charge in [0, 0.05) is 25.3 Å². The van der Waals surface area contributed by atoms with E-state index in [1.807, 2.05) is 0 Å². The molecular formula is C42H44F4N16O20P4S4. The fourth-order valence-electron chi connectivity index (χ4n) is 10.7. The second kappa shape index (κ2) is 24.1. The molecule has 4 unspecified atom stereocenters. The van der Waals surface area contributed by atoms with E-state index in [1.165, 1.54) is 27.9 Å². The molecular weight excluding hydrogens is 1380 g/mol. The number of halogens is 4. The first-order valence-electron chi connectivity index (χ1n) is 26.1. The van der Waals surface area contributed by atoms with Crippen molar-refractivity contribution < 1.29 is 102 Å². The summed E-state index contributed by atoms with van der Waals surface area (Å²) >= 11 is 19.4. The number of nitrogens with two attached hydrogens (primary N) is 2. The number of carbonyl (C=O) groups excluding carboxylic acids is 2. The molecule has 4 bridgehead atoms. The molecule has 6 fully saturated rings. The molecule has 90 heavy (non-hydrogen) atoms. The molecule has 14 heterocycles. The first kappa shape index (κ1) is 63.8. The van der Waals surface area contributed by atoms with Gasteiger partial charge in [0.25, 0.3) is 11.1 Å². The van der Waals surface area contributed by atoms with Crippen LogP contribution in [-0.4, -0.2) is 197 Å². The number of hydrogen-bond acceptors (Lipinski definition) is 30. The van der Waals surface area contributed by atoms with Crippen molar-refractivity contribution in [3.8, 4) is 0 Å². The molecule has 0 amide bonds. The highest BCUT2D eigenvalue weighted by Gasteiger charge is 2.57. The number of H-pyrrole nitrogens is 2. The van der Waals surface area contributed by atoms with Crippen LogP contribution in [0.5, 0.6) is 0 Å². The zero-order valence-electron chi connectivity index (χ0n) is 44.7. The summed E-state index contributed by atoms with van der Waals surface area (Å²) in [5.41, 5.74) is 9.50. The van der Waals surface area contributed by atoms with E-state index in [4.69, 9.17) is 102 Å². The van der Waals surface area contributed by atoms with Crippen LogP contribution in [0.4, 0.5) is 41.1 Å². The molecule has 36 nitrogen and oxygen atoms in total. The summed E-state index contributed by atoms with van der Waals surface area (Å²) in [4.78, 5) is 119. The smallest absolute Gasteiger partial charge is 0.369 e. The standard InChI is InChI=1S/2C21H22F2N8O10P2S2/c2*22-10-8-3-36-42(34,44)40-14-9(39-19(11(14)23)30-5-26-12-7(32)1-2-25-16(12)30)4-37-43(35,45)41-15(10)20(38-8)31-6-27-13-17(31)28-21(24)29-18(13)33/h2*2,5-6,8-11,14-15,19-20H,1,3-4H2,(H,34,44)(H,35,45)(H3,24,28,29,33)/t2*8-,9-,10-,11+,14-,15-,19-,20-,42?,43?/m11/s1.